The Balaban J connectivity index is 1.85. The molecule has 1 aliphatic heterocycles. The summed E-state index contributed by atoms with van der Waals surface area (Å²) in [5, 5.41) is 11.3. The van der Waals surface area contributed by atoms with E-state index in [0.29, 0.717) is 12.1 Å². The molecule has 1 atom stereocenters. The zero-order valence-electron chi connectivity index (χ0n) is 14.0. The van der Waals surface area contributed by atoms with E-state index in [4.69, 9.17) is 0 Å². The predicted octanol–water partition coefficient (Wildman–Crippen LogP) is 3.20. The Morgan fingerprint density at radius 1 is 0.958 bits per heavy atom. The van der Waals surface area contributed by atoms with Crippen LogP contribution in [0.4, 0.5) is 0 Å². The first-order valence-electron chi connectivity index (χ1n) is 8.70. The van der Waals surface area contributed by atoms with Gasteiger partial charge in [0.15, 0.2) is 5.60 Å². The third kappa shape index (κ3) is 4.03. The van der Waals surface area contributed by atoms with Crippen LogP contribution in [0.2, 0.25) is 0 Å². The SMILES string of the molecule is O[C@@](C#CCN1CCCCCC1)(c1ccccc1)c1cccnc1. The van der Waals surface area contributed by atoms with Crippen molar-refractivity contribution in [2.45, 2.75) is 31.3 Å². The number of nitrogens with zero attached hydrogens (tertiary/aromatic N) is 2. The molecule has 1 aromatic carbocycles. The number of aliphatic hydroxyl groups is 1. The number of rotatable bonds is 3. The molecule has 0 radical (unpaired) electrons. The molecule has 0 saturated carbocycles. The quantitative estimate of drug-likeness (QED) is 0.882. The van der Waals surface area contributed by atoms with Crippen LogP contribution in [0.1, 0.15) is 36.8 Å². The second kappa shape index (κ2) is 8.10. The third-order valence-corrected chi connectivity index (χ3v) is 4.54. The summed E-state index contributed by atoms with van der Waals surface area (Å²) in [6, 6.07) is 13.3. The van der Waals surface area contributed by atoms with Crippen LogP contribution in [-0.2, 0) is 5.60 Å². The zero-order valence-corrected chi connectivity index (χ0v) is 14.0. The van der Waals surface area contributed by atoms with Gasteiger partial charge in [-0.3, -0.25) is 9.88 Å². The monoisotopic (exact) mass is 320 g/mol. The highest BCUT2D eigenvalue weighted by molar-refractivity contribution is 5.43. The van der Waals surface area contributed by atoms with E-state index < -0.39 is 5.60 Å². The van der Waals surface area contributed by atoms with Crippen LogP contribution in [0.5, 0.6) is 0 Å². The number of aromatic nitrogens is 1. The molecular weight excluding hydrogens is 296 g/mol. The normalized spacial score (nSPS) is 18.0. The first-order chi connectivity index (χ1) is 11.8. The van der Waals surface area contributed by atoms with Crippen LogP contribution < -0.4 is 0 Å². The standard InChI is InChI=1S/C21H24N2O/c24-21(19-10-4-3-5-11-19,20-12-8-14-22-18-20)13-9-17-23-15-6-1-2-7-16-23/h3-5,8,10-12,14,18,24H,1-2,6-7,15-17H2/t21-/m0/s1. The van der Waals surface area contributed by atoms with Crippen LogP contribution >= 0.6 is 0 Å². The highest BCUT2D eigenvalue weighted by Crippen LogP contribution is 2.28. The lowest BCUT2D eigenvalue weighted by Gasteiger charge is -2.23. The molecule has 24 heavy (non-hydrogen) atoms. The molecule has 1 aliphatic rings. The molecule has 2 aromatic rings. The summed E-state index contributed by atoms with van der Waals surface area (Å²) in [6.07, 6.45) is 8.51. The summed E-state index contributed by atoms with van der Waals surface area (Å²) in [4.78, 5) is 6.53. The van der Waals surface area contributed by atoms with E-state index in [0.717, 1.165) is 18.7 Å². The smallest absolute Gasteiger partial charge is 0.178 e. The molecule has 1 aromatic heterocycles. The topological polar surface area (TPSA) is 36.4 Å². The van der Waals surface area contributed by atoms with Gasteiger partial charge in [0.05, 0.1) is 6.54 Å². The van der Waals surface area contributed by atoms with Gasteiger partial charge in [-0.1, -0.05) is 61.1 Å². The maximum Gasteiger partial charge on any atom is 0.178 e. The minimum atomic E-state index is -1.32. The van der Waals surface area contributed by atoms with E-state index in [2.05, 4.69) is 21.7 Å². The highest BCUT2D eigenvalue weighted by Gasteiger charge is 2.29. The average Bonchev–Trinajstić information content (AvgIpc) is 2.92. The maximum atomic E-state index is 11.3. The average molecular weight is 320 g/mol. The largest absolute Gasteiger partial charge is 0.369 e. The molecule has 0 spiro atoms. The van der Waals surface area contributed by atoms with Crippen molar-refractivity contribution in [2.24, 2.45) is 0 Å². The maximum absolute atomic E-state index is 11.3. The van der Waals surface area contributed by atoms with Crippen molar-refractivity contribution >= 4 is 0 Å². The Morgan fingerprint density at radius 3 is 2.33 bits per heavy atom. The molecule has 124 valence electrons. The van der Waals surface area contributed by atoms with Crippen LogP contribution in [0.3, 0.4) is 0 Å². The van der Waals surface area contributed by atoms with Crippen molar-refractivity contribution in [3.05, 3.63) is 66.0 Å². The lowest BCUT2D eigenvalue weighted by Crippen LogP contribution is -2.28. The Hall–Kier alpha value is -2.15. The van der Waals surface area contributed by atoms with Crippen molar-refractivity contribution in [3.8, 4) is 11.8 Å². The summed E-state index contributed by atoms with van der Waals surface area (Å²) in [5.41, 5.74) is 0.169. The Labute approximate surface area is 144 Å². The number of benzene rings is 1. The Morgan fingerprint density at radius 2 is 1.67 bits per heavy atom. The van der Waals surface area contributed by atoms with Crippen LogP contribution in [-0.4, -0.2) is 34.6 Å². The number of hydrogen-bond acceptors (Lipinski definition) is 3. The molecule has 3 nitrogen and oxygen atoms in total. The predicted molar refractivity (Wildman–Crippen MR) is 96.4 cm³/mol. The lowest BCUT2D eigenvalue weighted by atomic mass is 9.88. The zero-order chi connectivity index (χ0) is 16.7. The molecule has 1 fully saturated rings. The van der Waals surface area contributed by atoms with Crippen molar-refractivity contribution < 1.29 is 5.11 Å². The molecular formula is C21H24N2O. The molecule has 0 bridgehead atoms. The molecule has 0 unspecified atom stereocenters. The highest BCUT2D eigenvalue weighted by atomic mass is 16.3. The van der Waals surface area contributed by atoms with E-state index in [1.165, 1.54) is 25.7 Å². The second-order valence-corrected chi connectivity index (χ2v) is 6.31. The number of pyridine rings is 1. The van der Waals surface area contributed by atoms with Gasteiger partial charge in [0, 0.05) is 23.5 Å². The van der Waals surface area contributed by atoms with E-state index in [-0.39, 0.29) is 0 Å². The van der Waals surface area contributed by atoms with E-state index in [1.54, 1.807) is 12.4 Å². The summed E-state index contributed by atoms with van der Waals surface area (Å²) in [5.74, 6) is 6.34. The van der Waals surface area contributed by atoms with Gasteiger partial charge >= 0.3 is 0 Å². The second-order valence-electron chi connectivity index (χ2n) is 6.31. The molecule has 0 aliphatic carbocycles. The summed E-state index contributed by atoms with van der Waals surface area (Å²) < 4.78 is 0. The van der Waals surface area contributed by atoms with Crippen LogP contribution in [0.15, 0.2) is 54.9 Å². The van der Waals surface area contributed by atoms with Crippen molar-refractivity contribution in [1.82, 2.24) is 9.88 Å². The van der Waals surface area contributed by atoms with E-state index >= 15 is 0 Å². The Bertz CT molecular complexity index is 641. The molecule has 0 amide bonds. The van der Waals surface area contributed by atoms with Gasteiger partial charge in [-0.2, -0.15) is 0 Å². The van der Waals surface area contributed by atoms with Gasteiger partial charge in [-0.25, -0.2) is 0 Å². The number of likely N-dealkylation sites (tertiary alicyclic amines) is 1. The van der Waals surface area contributed by atoms with Gasteiger partial charge in [0.25, 0.3) is 0 Å². The molecule has 1 saturated heterocycles. The minimum absolute atomic E-state index is 0.704. The molecule has 1 N–H and O–H groups in total. The van der Waals surface area contributed by atoms with Gasteiger partial charge in [-0.15, -0.1) is 0 Å². The van der Waals surface area contributed by atoms with Gasteiger partial charge in [0.2, 0.25) is 0 Å². The Kier molecular flexibility index (Phi) is 5.63. The van der Waals surface area contributed by atoms with Crippen molar-refractivity contribution in [2.75, 3.05) is 19.6 Å². The van der Waals surface area contributed by atoms with Gasteiger partial charge in [0.1, 0.15) is 0 Å². The van der Waals surface area contributed by atoms with Crippen LogP contribution in [0, 0.1) is 11.8 Å². The van der Waals surface area contributed by atoms with Crippen molar-refractivity contribution in [1.29, 1.82) is 0 Å². The summed E-state index contributed by atoms with van der Waals surface area (Å²) in [7, 11) is 0. The molecule has 3 heteroatoms. The van der Waals surface area contributed by atoms with Gasteiger partial charge < -0.3 is 5.11 Å². The summed E-state index contributed by atoms with van der Waals surface area (Å²) >= 11 is 0. The third-order valence-electron chi connectivity index (χ3n) is 4.54. The first kappa shape index (κ1) is 16.7. The lowest BCUT2D eigenvalue weighted by molar-refractivity contribution is 0.144. The van der Waals surface area contributed by atoms with Gasteiger partial charge in [-0.05, 0) is 32.0 Å². The van der Waals surface area contributed by atoms with E-state index in [9.17, 15) is 5.11 Å². The summed E-state index contributed by atoms with van der Waals surface area (Å²) in [6.45, 7) is 2.91. The van der Waals surface area contributed by atoms with Crippen LogP contribution in [0.25, 0.3) is 0 Å². The molecule has 2 heterocycles. The minimum Gasteiger partial charge on any atom is -0.369 e. The fourth-order valence-corrected chi connectivity index (χ4v) is 3.14. The first-order valence-corrected chi connectivity index (χ1v) is 8.70. The van der Waals surface area contributed by atoms with Crippen molar-refractivity contribution in [3.63, 3.8) is 0 Å². The fourth-order valence-electron chi connectivity index (χ4n) is 3.14. The number of hydrogen-bond donors (Lipinski definition) is 1. The fraction of sp³-hybridized carbons (Fsp3) is 0.381. The van der Waals surface area contributed by atoms with E-state index in [1.807, 2.05) is 42.5 Å². The molecule has 3 rings (SSSR count).